The third kappa shape index (κ3) is 4.27. The van der Waals surface area contributed by atoms with Gasteiger partial charge in [0.25, 0.3) is 5.91 Å². The number of hydrogen-bond donors (Lipinski definition) is 1. The summed E-state index contributed by atoms with van der Waals surface area (Å²) < 4.78 is 7.22. The molecule has 1 atom stereocenters. The van der Waals surface area contributed by atoms with Crippen LogP contribution in [0.1, 0.15) is 22.0 Å². The molecule has 2 aromatic heterocycles. The Balaban J connectivity index is 1.47. The molecular weight excluding hydrogens is 354 g/mol. The minimum atomic E-state index is -0.0960. The first kappa shape index (κ1) is 18.3. The van der Waals surface area contributed by atoms with Crippen molar-refractivity contribution in [3.8, 4) is 5.69 Å². The molecule has 0 radical (unpaired) electrons. The fourth-order valence-electron chi connectivity index (χ4n) is 3.44. The summed E-state index contributed by atoms with van der Waals surface area (Å²) in [4.78, 5) is 19.2. The van der Waals surface area contributed by atoms with Gasteiger partial charge < -0.3 is 10.1 Å². The summed E-state index contributed by atoms with van der Waals surface area (Å²) >= 11 is 0. The Labute approximate surface area is 164 Å². The van der Waals surface area contributed by atoms with Gasteiger partial charge in [-0.2, -0.15) is 5.10 Å². The van der Waals surface area contributed by atoms with E-state index in [1.807, 2.05) is 48.7 Å². The van der Waals surface area contributed by atoms with Crippen LogP contribution in [-0.2, 0) is 4.74 Å². The smallest absolute Gasteiger partial charge is 0.251 e. The van der Waals surface area contributed by atoms with Crippen LogP contribution in [0.2, 0.25) is 0 Å². The molecule has 1 fully saturated rings. The summed E-state index contributed by atoms with van der Waals surface area (Å²) in [5.41, 5.74) is 2.61. The van der Waals surface area contributed by atoms with E-state index < -0.39 is 0 Å². The summed E-state index contributed by atoms with van der Waals surface area (Å²) in [6.07, 6.45) is 7.15. The molecule has 1 N–H and O–H groups in total. The molecule has 0 bridgehead atoms. The summed E-state index contributed by atoms with van der Waals surface area (Å²) in [6.45, 7) is 3.63. The van der Waals surface area contributed by atoms with Gasteiger partial charge in [0.15, 0.2) is 0 Å². The van der Waals surface area contributed by atoms with Gasteiger partial charge in [0.05, 0.1) is 24.9 Å². The SMILES string of the molecule is O=C(NCC(c1ccncc1)N1CCOCC1)c1cccc(-n2cccn2)c1. The lowest BCUT2D eigenvalue weighted by Gasteiger charge is -2.34. The number of carbonyl (C=O) groups is 1. The summed E-state index contributed by atoms with van der Waals surface area (Å²) in [6, 6.07) is 13.4. The van der Waals surface area contributed by atoms with Crippen molar-refractivity contribution >= 4 is 5.91 Å². The largest absolute Gasteiger partial charge is 0.379 e. The molecule has 3 aromatic rings. The van der Waals surface area contributed by atoms with Crippen molar-refractivity contribution in [2.75, 3.05) is 32.8 Å². The van der Waals surface area contributed by atoms with Crippen molar-refractivity contribution in [2.24, 2.45) is 0 Å². The van der Waals surface area contributed by atoms with Gasteiger partial charge in [-0.25, -0.2) is 4.68 Å². The highest BCUT2D eigenvalue weighted by molar-refractivity contribution is 5.94. The van der Waals surface area contributed by atoms with Crippen LogP contribution in [0.25, 0.3) is 5.69 Å². The number of aromatic nitrogens is 3. The predicted octanol–water partition coefficient (Wildman–Crippen LogP) is 2.07. The van der Waals surface area contributed by atoms with E-state index in [0.29, 0.717) is 25.3 Å². The van der Waals surface area contributed by atoms with Crippen LogP contribution < -0.4 is 5.32 Å². The summed E-state index contributed by atoms with van der Waals surface area (Å²) in [7, 11) is 0. The van der Waals surface area contributed by atoms with Gasteiger partial charge in [0, 0.05) is 50.0 Å². The monoisotopic (exact) mass is 377 g/mol. The first-order chi connectivity index (χ1) is 13.8. The van der Waals surface area contributed by atoms with E-state index in [2.05, 4.69) is 20.3 Å². The molecule has 0 aliphatic carbocycles. The standard InChI is InChI=1S/C21H23N5O2/c27-21(18-3-1-4-19(15-18)26-10-2-7-24-26)23-16-20(17-5-8-22-9-6-17)25-11-13-28-14-12-25/h1-10,15,20H,11-14,16H2,(H,23,27). The van der Waals surface area contributed by atoms with Crippen LogP contribution >= 0.6 is 0 Å². The molecule has 0 spiro atoms. The van der Waals surface area contributed by atoms with Crippen LogP contribution in [0.15, 0.2) is 67.3 Å². The number of nitrogens with one attached hydrogen (secondary N) is 1. The Hall–Kier alpha value is -3.03. The third-order valence-corrected chi connectivity index (χ3v) is 4.91. The summed E-state index contributed by atoms with van der Waals surface area (Å²) in [5.74, 6) is -0.0960. The van der Waals surface area contributed by atoms with Gasteiger partial charge in [-0.1, -0.05) is 6.07 Å². The molecule has 3 heterocycles. The van der Waals surface area contributed by atoms with E-state index in [9.17, 15) is 4.79 Å². The van der Waals surface area contributed by atoms with Crippen LogP contribution in [0, 0.1) is 0 Å². The van der Waals surface area contributed by atoms with E-state index in [-0.39, 0.29) is 11.9 Å². The van der Waals surface area contributed by atoms with Crippen molar-refractivity contribution in [3.05, 3.63) is 78.4 Å². The highest BCUT2D eigenvalue weighted by Gasteiger charge is 2.23. The Morgan fingerprint density at radius 3 is 2.68 bits per heavy atom. The lowest BCUT2D eigenvalue weighted by Crippen LogP contribution is -2.43. The zero-order chi connectivity index (χ0) is 19.2. The Bertz CT molecular complexity index is 892. The molecular formula is C21H23N5O2. The highest BCUT2D eigenvalue weighted by Crippen LogP contribution is 2.21. The first-order valence-corrected chi connectivity index (χ1v) is 9.41. The topological polar surface area (TPSA) is 72.3 Å². The molecule has 144 valence electrons. The van der Waals surface area contributed by atoms with Crippen LogP contribution in [-0.4, -0.2) is 58.4 Å². The van der Waals surface area contributed by atoms with E-state index in [1.54, 1.807) is 23.3 Å². The lowest BCUT2D eigenvalue weighted by atomic mass is 10.1. The fourth-order valence-corrected chi connectivity index (χ4v) is 3.44. The molecule has 1 amide bonds. The number of carbonyl (C=O) groups excluding carboxylic acids is 1. The molecule has 4 rings (SSSR count). The first-order valence-electron chi connectivity index (χ1n) is 9.41. The lowest BCUT2D eigenvalue weighted by molar-refractivity contribution is 0.0162. The van der Waals surface area contributed by atoms with E-state index >= 15 is 0 Å². The second-order valence-electron chi connectivity index (χ2n) is 6.66. The molecule has 7 nitrogen and oxygen atoms in total. The fraction of sp³-hybridized carbons (Fsp3) is 0.286. The predicted molar refractivity (Wildman–Crippen MR) is 105 cm³/mol. The van der Waals surface area contributed by atoms with Gasteiger partial charge in [-0.15, -0.1) is 0 Å². The van der Waals surface area contributed by atoms with Gasteiger partial charge in [0.2, 0.25) is 0 Å². The van der Waals surface area contributed by atoms with E-state index in [4.69, 9.17) is 4.74 Å². The molecule has 0 saturated carbocycles. The zero-order valence-corrected chi connectivity index (χ0v) is 15.6. The Kier molecular flexibility index (Phi) is 5.75. The highest BCUT2D eigenvalue weighted by atomic mass is 16.5. The molecule has 1 aromatic carbocycles. The number of nitrogens with zero attached hydrogens (tertiary/aromatic N) is 4. The van der Waals surface area contributed by atoms with Gasteiger partial charge in [0.1, 0.15) is 0 Å². The molecule has 7 heteroatoms. The third-order valence-electron chi connectivity index (χ3n) is 4.91. The normalized spacial score (nSPS) is 15.9. The number of benzene rings is 1. The van der Waals surface area contributed by atoms with Crippen molar-refractivity contribution in [3.63, 3.8) is 0 Å². The molecule has 1 unspecified atom stereocenters. The maximum Gasteiger partial charge on any atom is 0.251 e. The van der Waals surface area contributed by atoms with Crippen LogP contribution in [0.3, 0.4) is 0 Å². The van der Waals surface area contributed by atoms with Gasteiger partial charge in [-0.05, 0) is 42.0 Å². The molecule has 1 aliphatic rings. The summed E-state index contributed by atoms with van der Waals surface area (Å²) in [5, 5.41) is 7.32. The molecule has 1 aliphatic heterocycles. The average Bonchev–Trinajstić information content (AvgIpc) is 3.30. The minimum Gasteiger partial charge on any atom is -0.379 e. The molecule has 28 heavy (non-hydrogen) atoms. The number of morpholine rings is 1. The van der Waals surface area contributed by atoms with E-state index in [1.165, 1.54) is 0 Å². The Morgan fingerprint density at radius 2 is 1.93 bits per heavy atom. The molecule has 1 saturated heterocycles. The average molecular weight is 377 g/mol. The second-order valence-corrected chi connectivity index (χ2v) is 6.66. The van der Waals surface area contributed by atoms with Crippen molar-refractivity contribution in [2.45, 2.75) is 6.04 Å². The number of hydrogen-bond acceptors (Lipinski definition) is 5. The van der Waals surface area contributed by atoms with Crippen LogP contribution in [0.5, 0.6) is 0 Å². The zero-order valence-electron chi connectivity index (χ0n) is 15.6. The van der Waals surface area contributed by atoms with Crippen LogP contribution in [0.4, 0.5) is 0 Å². The maximum atomic E-state index is 12.8. The van der Waals surface area contributed by atoms with Crippen molar-refractivity contribution in [1.82, 2.24) is 25.0 Å². The van der Waals surface area contributed by atoms with Crippen molar-refractivity contribution in [1.29, 1.82) is 0 Å². The van der Waals surface area contributed by atoms with E-state index in [0.717, 1.165) is 24.3 Å². The number of amides is 1. The second kappa shape index (κ2) is 8.77. The number of ether oxygens (including phenoxy) is 1. The Morgan fingerprint density at radius 1 is 1.11 bits per heavy atom. The maximum absolute atomic E-state index is 12.8. The van der Waals surface area contributed by atoms with Gasteiger partial charge >= 0.3 is 0 Å². The minimum absolute atomic E-state index is 0.0881. The number of rotatable bonds is 6. The van der Waals surface area contributed by atoms with Gasteiger partial charge in [-0.3, -0.25) is 14.7 Å². The quantitative estimate of drug-likeness (QED) is 0.712. The number of pyridine rings is 1. The van der Waals surface area contributed by atoms with Crippen molar-refractivity contribution < 1.29 is 9.53 Å².